The molecule has 156 valence electrons. The maximum Gasteiger partial charge on any atom is 0.278 e. The highest BCUT2D eigenvalue weighted by Crippen LogP contribution is 2.36. The van der Waals surface area contributed by atoms with E-state index in [1.807, 2.05) is 6.07 Å². The van der Waals surface area contributed by atoms with E-state index in [1.54, 1.807) is 15.4 Å². The zero-order chi connectivity index (χ0) is 20.9. The summed E-state index contributed by atoms with van der Waals surface area (Å²) in [7, 11) is 0. The molecule has 4 heterocycles. The van der Waals surface area contributed by atoms with Crippen LogP contribution in [-0.4, -0.2) is 30.9 Å². The van der Waals surface area contributed by atoms with Gasteiger partial charge in [-0.25, -0.2) is 18.7 Å². The first-order chi connectivity index (χ1) is 15.2. The second-order valence-electron chi connectivity index (χ2n) is 7.99. The summed E-state index contributed by atoms with van der Waals surface area (Å²) in [6.07, 6.45) is 6.94. The third-order valence-electron chi connectivity index (χ3n) is 5.84. The molecule has 0 saturated heterocycles. The van der Waals surface area contributed by atoms with Gasteiger partial charge in [0.25, 0.3) is 5.56 Å². The summed E-state index contributed by atoms with van der Waals surface area (Å²) in [6.45, 7) is 1.82. The van der Waals surface area contributed by atoms with Gasteiger partial charge in [-0.05, 0) is 55.1 Å². The highest BCUT2D eigenvalue weighted by molar-refractivity contribution is 5.77. The van der Waals surface area contributed by atoms with Crippen LogP contribution < -0.4 is 16.2 Å². The number of nitrogens with one attached hydrogen (secondary N) is 2. The molecule has 0 bridgehead atoms. The van der Waals surface area contributed by atoms with E-state index in [4.69, 9.17) is 0 Å². The lowest BCUT2D eigenvalue weighted by atomic mass is 10.0. The Labute approximate surface area is 176 Å². The molecule has 2 aliphatic rings. The third kappa shape index (κ3) is 3.09. The molecular weight excluding hydrogens is 397 g/mol. The fourth-order valence-electron chi connectivity index (χ4n) is 4.17. The zero-order valence-corrected chi connectivity index (χ0v) is 16.7. The van der Waals surface area contributed by atoms with Crippen LogP contribution >= 0.6 is 0 Å². The van der Waals surface area contributed by atoms with E-state index in [9.17, 15) is 9.18 Å². The normalized spacial score (nSPS) is 15.8. The van der Waals surface area contributed by atoms with E-state index in [0.29, 0.717) is 17.0 Å². The van der Waals surface area contributed by atoms with Crippen LogP contribution in [0.1, 0.15) is 30.0 Å². The van der Waals surface area contributed by atoms with Gasteiger partial charge in [0, 0.05) is 24.6 Å². The molecular formula is C22H20FN7O. The lowest BCUT2D eigenvalue weighted by Gasteiger charge is -2.18. The molecule has 6 rings (SSSR count). The summed E-state index contributed by atoms with van der Waals surface area (Å²) < 4.78 is 17.8. The van der Waals surface area contributed by atoms with E-state index in [2.05, 4.69) is 37.7 Å². The van der Waals surface area contributed by atoms with E-state index >= 15 is 0 Å². The molecule has 3 aromatic heterocycles. The van der Waals surface area contributed by atoms with Crippen molar-refractivity contribution in [2.75, 3.05) is 11.9 Å². The van der Waals surface area contributed by atoms with Gasteiger partial charge in [-0.1, -0.05) is 6.07 Å². The minimum absolute atomic E-state index is 0.0406. The fraction of sp³-hybridized carbons (Fsp3) is 0.273. The molecule has 0 spiro atoms. The topological polar surface area (TPSA) is 89.7 Å². The van der Waals surface area contributed by atoms with Gasteiger partial charge in [-0.3, -0.25) is 9.78 Å². The number of pyridine rings is 1. The lowest BCUT2D eigenvalue weighted by molar-refractivity contribution is 0.532. The first-order valence-corrected chi connectivity index (χ1v) is 10.4. The summed E-state index contributed by atoms with van der Waals surface area (Å²) in [4.78, 5) is 25.8. The SMILES string of the molecule is O=c1c2cnc(Nc3ccc4c(c3)CNCC4)nc2n(-c2ccncc2F)n1C1CC1. The van der Waals surface area contributed by atoms with Crippen molar-refractivity contribution in [2.24, 2.45) is 0 Å². The van der Waals surface area contributed by atoms with Crippen LogP contribution in [0, 0.1) is 5.82 Å². The molecule has 9 heteroatoms. The third-order valence-corrected chi connectivity index (χ3v) is 5.84. The summed E-state index contributed by atoms with van der Waals surface area (Å²) >= 11 is 0. The van der Waals surface area contributed by atoms with E-state index < -0.39 is 5.82 Å². The Hall–Kier alpha value is -3.59. The monoisotopic (exact) mass is 417 g/mol. The van der Waals surface area contributed by atoms with Crippen molar-refractivity contribution < 1.29 is 4.39 Å². The standard InChI is InChI=1S/C22H20FN7O/c23-18-12-25-8-6-19(18)30-20-17(21(31)29(30)16-3-4-16)11-26-22(28-20)27-15-2-1-13-5-7-24-10-14(13)9-15/h1-2,6,8-9,11-12,16,24H,3-5,7,10H2,(H,26,27,28). The van der Waals surface area contributed by atoms with Crippen LogP contribution in [0.4, 0.5) is 16.0 Å². The molecule has 31 heavy (non-hydrogen) atoms. The minimum atomic E-state index is -0.510. The van der Waals surface area contributed by atoms with Crippen molar-refractivity contribution in [2.45, 2.75) is 31.8 Å². The number of halogens is 1. The van der Waals surface area contributed by atoms with Gasteiger partial charge in [-0.15, -0.1) is 0 Å². The summed E-state index contributed by atoms with van der Waals surface area (Å²) in [5.41, 5.74) is 3.86. The summed E-state index contributed by atoms with van der Waals surface area (Å²) in [5.74, 6) is -0.156. The Balaban J connectivity index is 1.47. The molecule has 0 radical (unpaired) electrons. The van der Waals surface area contributed by atoms with Crippen LogP contribution in [-0.2, 0) is 13.0 Å². The van der Waals surface area contributed by atoms with Gasteiger partial charge in [0.05, 0.1) is 12.2 Å². The molecule has 1 aliphatic carbocycles. The smallest absolute Gasteiger partial charge is 0.278 e. The van der Waals surface area contributed by atoms with Crippen LogP contribution in [0.25, 0.3) is 16.7 Å². The second kappa shape index (κ2) is 6.98. The number of aromatic nitrogens is 5. The van der Waals surface area contributed by atoms with Gasteiger partial charge >= 0.3 is 0 Å². The molecule has 0 unspecified atom stereocenters. The molecule has 1 saturated carbocycles. The number of anilines is 2. The Morgan fingerprint density at radius 3 is 2.90 bits per heavy atom. The molecule has 2 N–H and O–H groups in total. The van der Waals surface area contributed by atoms with E-state index in [0.717, 1.165) is 44.2 Å². The van der Waals surface area contributed by atoms with Gasteiger partial charge in [-0.2, -0.15) is 4.98 Å². The maximum absolute atomic E-state index is 14.6. The van der Waals surface area contributed by atoms with Crippen LogP contribution in [0.3, 0.4) is 0 Å². The average Bonchev–Trinajstić information content (AvgIpc) is 3.58. The summed E-state index contributed by atoms with van der Waals surface area (Å²) in [6, 6.07) is 7.79. The van der Waals surface area contributed by atoms with E-state index in [-0.39, 0.29) is 17.3 Å². The number of benzene rings is 1. The second-order valence-corrected chi connectivity index (χ2v) is 7.99. The van der Waals surface area contributed by atoms with Crippen LogP contribution in [0.5, 0.6) is 0 Å². The molecule has 1 fully saturated rings. The number of nitrogens with zero attached hydrogens (tertiary/aromatic N) is 5. The average molecular weight is 417 g/mol. The van der Waals surface area contributed by atoms with E-state index in [1.165, 1.54) is 23.5 Å². The molecule has 0 atom stereocenters. The predicted octanol–water partition coefficient (Wildman–Crippen LogP) is 2.84. The largest absolute Gasteiger partial charge is 0.324 e. The van der Waals surface area contributed by atoms with Crippen LogP contribution in [0.15, 0.2) is 47.7 Å². The van der Waals surface area contributed by atoms with Crippen molar-refractivity contribution in [1.29, 1.82) is 0 Å². The van der Waals surface area contributed by atoms with Crippen LogP contribution in [0.2, 0.25) is 0 Å². The predicted molar refractivity (Wildman–Crippen MR) is 114 cm³/mol. The lowest BCUT2D eigenvalue weighted by Crippen LogP contribution is -2.23. The highest BCUT2D eigenvalue weighted by atomic mass is 19.1. The maximum atomic E-state index is 14.6. The van der Waals surface area contributed by atoms with Gasteiger partial charge in [0.2, 0.25) is 5.95 Å². The molecule has 4 aromatic rings. The minimum Gasteiger partial charge on any atom is -0.324 e. The molecule has 1 aromatic carbocycles. The first kappa shape index (κ1) is 18.2. The molecule has 1 aliphatic heterocycles. The number of rotatable bonds is 4. The van der Waals surface area contributed by atoms with Crippen molar-refractivity contribution in [3.63, 3.8) is 0 Å². The Bertz CT molecular complexity index is 1370. The Morgan fingerprint density at radius 1 is 1.16 bits per heavy atom. The van der Waals surface area contributed by atoms with Gasteiger partial charge in [0.1, 0.15) is 11.1 Å². The van der Waals surface area contributed by atoms with Crippen molar-refractivity contribution >= 4 is 22.7 Å². The number of hydrogen-bond acceptors (Lipinski definition) is 6. The molecule has 8 nitrogen and oxygen atoms in total. The van der Waals surface area contributed by atoms with Crippen molar-refractivity contribution in [3.8, 4) is 5.69 Å². The van der Waals surface area contributed by atoms with Crippen molar-refractivity contribution in [1.82, 2.24) is 29.6 Å². The highest BCUT2D eigenvalue weighted by Gasteiger charge is 2.31. The zero-order valence-electron chi connectivity index (χ0n) is 16.7. The number of hydrogen-bond donors (Lipinski definition) is 2. The number of fused-ring (bicyclic) bond motifs is 2. The first-order valence-electron chi connectivity index (χ1n) is 10.4. The fourth-order valence-corrected chi connectivity index (χ4v) is 4.17. The van der Waals surface area contributed by atoms with Crippen molar-refractivity contribution in [3.05, 3.63) is 70.2 Å². The van der Waals surface area contributed by atoms with Gasteiger partial charge in [0.15, 0.2) is 11.5 Å². The quantitative estimate of drug-likeness (QED) is 0.531. The summed E-state index contributed by atoms with van der Waals surface area (Å²) in [5, 5.41) is 6.97. The Morgan fingerprint density at radius 2 is 2.06 bits per heavy atom. The molecule has 0 amide bonds. The Kier molecular flexibility index (Phi) is 4.10. The van der Waals surface area contributed by atoms with Gasteiger partial charge < -0.3 is 10.6 Å².